The largest absolute Gasteiger partial charge is 0.493 e. The summed E-state index contributed by atoms with van der Waals surface area (Å²) in [5.41, 5.74) is 2.72. The third-order valence-electron chi connectivity index (χ3n) is 3.91. The highest BCUT2D eigenvalue weighted by molar-refractivity contribution is 5.90. The predicted octanol–water partition coefficient (Wildman–Crippen LogP) is 3.58. The maximum Gasteiger partial charge on any atom is 0.344 e. The molecule has 7 nitrogen and oxygen atoms in total. The number of nitriles is 1. The Morgan fingerprint density at radius 2 is 2.07 bits per heavy atom. The highest BCUT2D eigenvalue weighted by Gasteiger charge is 2.11. The van der Waals surface area contributed by atoms with Crippen LogP contribution in [0.2, 0.25) is 0 Å². The van der Waals surface area contributed by atoms with E-state index in [1.807, 2.05) is 24.3 Å². The summed E-state index contributed by atoms with van der Waals surface area (Å²) < 4.78 is 15.6. The second kappa shape index (κ2) is 8.73. The van der Waals surface area contributed by atoms with Gasteiger partial charge in [-0.25, -0.2) is 9.78 Å². The van der Waals surface area contributed by atoms with Gasteiger partial charge in [0.2, 0.25) is 0 Å². The molecule has 3 aromatic rings. The third-order valence-corrected chi connectivity index (χ3v) is 3.91. The van der Waals surface area contributed by atoms with E-state index in [9.17, 15) is 10.1 Å². The molecule has 0 aliphatic carbocycles. The van der Waals surface area contributed by atoms with E-state index >= 15 is 0 Å². The first-order valence-electron chi connectivity index (χ1n) is 8.68. The number of hydrogen-bond acceptors (Lipinski definition) is 6. The Morgan fingerprint density at radius 1 is 1.25 bits per heavy atom. The number of nitrogens with one attached hydrogen (secondary N) is 1. The van der Waals surface area contributed by atoms with Crippen molar-refractivity contribution in [3.8, 4) is 17.6 Å². The van der Waals surface area contributed by atoms with Crippen molar-refractivity contribution in [2.24, 2.45) is 0 Å². The van der Waals surface area contributed by atoms with Gasteiger partial charge in [0.1, 0.15) is 11.9 Å². The molecule has 0 fully saturated rings. The van der Waals surface area contributed by atoms with E-state index in [0.29, 0.717) is 28.5 Å². The zero-order valence-electron chi connectivity index (χ0n) is 15.6. The summed E-state index contributed by atoms with van der Waals surface area (Å²) in [5.74, 6) is 0.869. The number of ether oxygens (including phenoxy) is 3. The number of hydrogen-bond donors (Lipinski definition) is 1. The number of benzene rings is 2. The molecule has 0 radical (unpaired) electrons. The van der Waals surface area contributed by atoms with E-state index in [-0.39, 0.29) is 13.2 Å². The van der Waals surface area contributed by atoms with Crippen molar-refractivity contribution in [2.45, 2.75) is 6.92 Å². The monoisotopic (exact) mass is 377 g/mol. The second-order valence-corrected chi connectivity index (χ2v) is 5.78. The van der Waals surface area contributed by atoms with Gasteiger partial charge < -0.3 is 19.2 Å². The quantitative estimate of drug-likeness (QED) is 0.499. The van der Waals surface area contributed by atoms with E-state index in [1.165, 1.54) is 7.11 Å². The van der Waals surface area contributed by atoms with Crippen molar-refractivity contribution in [2.75, 3.05) is 20.3 Å². The smallest absolute Gasteiger partial charge is 0.344 e. The Bertz CT molecular complexity index is 1030. The fourth-order valence-electron chi connectivity index (χ4n) is 2.64. The zero-order chi connectivity index (χ0) is 19.9. The molecule has 0 amide bonds. The number of methoxy groups -OCH3 is 1. The predicted molar refractivity (Wildman–Crippen MR) is 105 cm³/mol. The van der Waals surface area contributed by atoms with Gasteiger partial charge in [0.25, 0.3) is 0 Å². The van der Waals surface area contributed by atoms with Gasteiger partial charge in [-0.2, -0.15) is 5.26 Å². The van der Waals surface area contributed by atoms with Crippen molar-refractivity contribution in [1.82, 2.24) is 9.97 Å². The first-order chi connectivity index (χ1) is 13.6. The van der Waals surface area contributed by atoms with Crippen molar-refractivity contribution in [1.29, 1.82) is 5.26 Å². The molecule has 0 bridgehead atoms. The number of aromatic amines is 1. The van der Waals surface area contributed by atoms with E-state index < -0.39 is 5.97 Å². The lowest BCUT2D eigenvalue weighted by Gasteiger charge is -2.11. The van der Waals surface area contributed by atoms with Gasteiger partial charge in [-0.3, -0.25) is 0 Å². The summed E-state index contributed by atoms with van der Waals surface area (Å²) in [7, 11) is 1.51. The topological polar surface area (TPSA) is 97.2 Å². The summed E-state index contributed by atoms with van der Waals surface area (Å²) >= 11 is 0. The van der Waals surface area contributed by atoms with Crippen LogP contribution < -0.4 is 9.47 Å². The van der Waals surface area contributed by atoms with Gasteiger partial charge in [0, 0.05) is 0 Å². The Kier molecular flexibility index (Phi) is 5.92. The number of aromatic nitrogens is 2. The fourth-order valence-corrected chi connectivity index (χ4v) is 2.64. The second-order valence-electron chi connectivity index (χ2n) is 5.78. The molecule has 3 rings (SSSR count). The molecule has 1 heterocycles. The van der Waals surface area contributed by atoms with E-state index in [2.05, 4.69) is 16.0 Å². The first-order valence-corrected chi connectivity index (χ1v) is 8.68. The van der Waals surface area contributed by atoms with Gasteiger partial charge in [0.15, 0.2) is 18.1 Å². The summed E-state index contributed by atoms with van der Waals surface area (Å²) in [6, 6.07) is 14.9. The summed E-state index contributed by atoms with van der Waals surface area (Å²) in [6.45, 7) is 1.78. The highest BCUT2D eigenvalue weighted by Crippen LogP contribution is 2.30. The lowest BCUT2D eigenvalue weighted by atomic mass is 10.1. The van der Waals surface area contributed by atoms with Gasteiger partial charge in [0.05, 0.1) is 30.3 Å². The van der Waals surface area contributed by atoms with Crippen molar-refractivity contribution >= 4 is 28.7 Å². The highest BCUT2D eigenvalue weighted by atomic mass is 16.6. The first kappa shape index (κ1) is 19.0. The molecule has 1 N–H and O–H groups in total. The van der Waals surface area contributed by atoms with Crippen LogP contribution in [-0.2, 0) is 9.53 Å². The van der Waals surface area contributed by atoms with Crippen LogP contribution in [0.5, 0.6) is 11.5 Å². The Hall–Kier alpha value is -3.79. The maximum atomic E-state index is 11.5. The number of fused-ring (bicyclic) bond motifs is 1. The van der Waals surface area contributed by atoms with Crippen LogP contribution in [0.25, 0.3) is 22.7 Å². The third kappa shape index (κ3) is 4.30. The number of esters is 1. The van der Waals surface area contributed by atoms with E-state index in [4.69, 9.17) is 14.2 Å². The van der Waals surface area contributed by atoms with Crippen LogP contribution in [0.3, 0.4) is 0 Å². The average molecular weight is 377 g/mol. The standard InChI is InChI=1S/C21H19N3O4/c1-3-27-20(25)13-28-19-11-14(8-9-18(19)26-2)10-15(12-22)21-23-16-6-4-5-7-17(16)24-21/h4-11H,3,13H2,1-2H3,(H,23,24). The molecule has 0 aliphatic heterocycles. The van der Waals surface area contributed by atoms with Crippen LogP contribution in [0.1, 0.15) is 18.3 Å². The van der Waals surface area contributed by atoms with Crippen LogP contribution in [-0.4, -0.2) is 36.3 Å². The van der Waals surface area contributed by atoms with Crippen LogP contribution >= 0.6 is 0 Å². The molecule has 0 aliphatic rings. The number of para-hydroxylation sites is 2. The number of rotatable bonds is 7. The van der Waals surface area contributed by atoms with Gasteiger partial charge >= 0.3 is 5.97 Å². The SMILES string of the molecule is CCOC(=O)COc1cc(C=C(C#N)c2nc3ccccc3[nH]2)ccc1OC. The lowest BCUT2D eigenvalue weighted by molar-refractivity contribution is -0.145. The van der Waals surface area contributed by atoms with Gasteiger partial charge in [-0.15, -0.1) is 0 Å². The lowest BCUT2D eigenvalue weighted by Crippen LogP contribution is -2.14. The van der Waals surface area contributed by atoms with Crippen LogP contribution in [0.4, 0.5) is 0 Å². The molecule has 7 heteroatoms. The molecular weight excluding hydrogens is 358 g/mol. The van der Waals surface area contributed by atoms with E-state index in [0.717, 1.165) is 11.0 Å². The maximum absolute atomic E-state index is 11.5. The number of nitrogens with zero attached hydrogens (tertiary/aromatic N) is 2. The minimum absolute atomic E-state index is 0.230. The van der Waals surface area contributed by atoms with Crippen molar-refractivity contribution in [3.63, 3.8) is 0 Å². The van der Waals surface area contributed by atoms with Gasteiger partial charge in [-0.1, -0.05) is 18.2 Å². The number of carbonyl (C=O) groups is 1. The molecule has 0 unspecified atom stereocenters. The van der Waals surface area contributed by atoms with Crippen molar-refractivity contribution in [3.05, 3.63) is 53.9 Å². The van der Waals surface area contributed by atoms with Crippen molar-refractivity contribution < 1.29 is 19.0 Å². The minimum Gasteiger partial charge on any atom is -0.493 e. The number of allylic oxidation sites excluding steroid dienone is 1. The molecule has 2 aromatic carbocycles. The molecule has 0 saturated carbocycles. The van der Waals surface area contributed by atoms with Crippen LogP contribution in [0, 0.1) is 11.3 Å². The Balaban J connectivity index is 1.89. The summed E-state index contributed by atoms with van der Waals surface area (Å²) in [5, 5.41) is 9.58. The average Bonchev–Trinajstić information content (AvgIpc) is 3.14. The molecule has 0 spiro atoms. The fraction of sp³-hybridized carbons (Fsp3) is 0.190. The number of carbonyl (C=O) groups excluding carboxylic acids is 1. The molecule has 142 valence electrons. The number of imidazole rings is 1. The zero-order valence-corrected chi connectivity index (χ0v) is 15.6. The Labute approximate surface area is 162 Å². The minimum atomic E-state index is -0.467. The number of H-pyrrole nitrogens is 1. The van der Waals surface area contributed by atoms with E-state index in [1.54, 1.807) is 31.2 Å². The summed E-state index contributed by atoms with van der Waals surface area (Å²) in [6.07, 6.45) is 1.69. The molecule has 0 saturated heterocycles. The Morgan fingerprint density at radius 3 is 2.79 bits per heavy atom. The molecular formula is C21H19N3O4. The molecule has 1 aromatic heterocycles. The summed E-state index contributed by atoms with van der Waals surface area (Å²) in [4.78, 5) is 19.1. The molecule has 0 atom stereocenters. The normalized spacial score (nSPS) is 11.1. The van der Waals surface area contributed by atoms with Crippen LogP contribution in [0.15, 0.2) is 42.5 Å². The van der Waals surface area contributed by atoms with Gasteiger partial charge in [-0.05, 0) is 42.8 Å². The molecule has 28 heavy (non-hydrogen) atoms.